The molecule has 0 aliphatic heterocycles. The lowest BCUT2D eigenvalue weighted by Gasteiger charge is -2.30. The lowest BCUT2D eigenvalue weighted by Crippen LogP contribution is -2.50. The number of amides is 2. The minimum absolute atomic E-state index is 0.0292. The summed E-state index contributed by atoms with van der Waals surface area (Å²) in [6.45, 7) is 7.95. The molecule has 0 radical (unpaired) electrons. The second kappa shape index (κ2) is 12.6. The average Bonchev–Trinajstić information content (AvgIpc) is 2.77. The normalized spacial score (nSPS) is 12.3. The summed E-state index contributed by atoms with van der Waals surface area (Å²) in [5.41, 5.74) is 2.55. The number of para-hydroxylation sites is 1. The Kier molecular flexibility index (Phi) is 10.1. The number of anilines is 1. The summed E-state index contributed by atoms with van der Waals surface area (Å²) < 4.78 is 26.2. The molecule has 1 atom stereocenters. The highest BCUT2D eigenvalue weighted by Crippen LogP contribution is 2.22. The quantitative estimate of drug-likeness (QED) is 0.496. The predicted molar refractivity (Wildman–Crippen MR) is 137 cm³/mol. The fourth-order valence-corrected chi connectivity index (χ4v) is 4.82. The van der Waals surface area contributed by atoms with Gasteiger partial charge in [0.2, 0.25) is 21.8 Å². The molecule has 2 aromatic carbocycles. The zero-order valence-electron chi connectivity index (χ0n) is 20.8. The third-order valence-electron chi connectivity index (χ3n) is 5.62. The minimum Gasteiger partial charge on any atom is -0.352 e. The molecule has 186 valence electrons. The van der Waals surface area contributed by atoms with Gasteiger partial charge in [-0.15, -0.1) is 0 Å². The molecule has 2 aromatic rings. The number of hydrogen-bond acceptors (Lipinski definition) is 4. The van der Waals surface area contributed by atoms with Gasteiger partial charge < -0.3 is 10.2 Å². The van der Waals surface area contributed by atoms with Crippen LogP contribution in [0.25, 0.3) is 0 Å². The van der Waals surface area contributed by atoms with Crippen LogP contribution in [0.2, 0.25) is 0 Å². The SMILES string of the molecule is Cc1ccccc1N(CCCC(=O)N(CCc1ccccc1)[C@H](C)C(=O)NC(C)C)S(C)(=O)=O. The molecule has 0 aliphatic rings. The Morgan fingerprint density at radius 2 is 1.56 bits per heavy atom. The topological polar surface area (TPSA) is 86.8 Å². The molecule has 1 N–H and O–H groups in total. The fourth-order valence-electron chi connectivity index (χ4n) is 3.80. The van der Waals surface area contributed by atoms with Crippen LogP contribution >= 0.6 is 0 Å². The van der Waals surface area contributed by atoms with Gasteiger partial charge in [-0.3, -0.25) is 13.9 Å². The standard InChI is InChI=1S/C26H37N3O4S/c1-20(2)27-26(31)22(4)28(19-17-23-13-7-6-8-14-23)25(30)16-11-18-29(34(5,32)33)24-15-10-9-12-21(24)3/h6-10,12-15,20,22H,11,16-19H2,1-5H3,(H,27,31)/t22-/m1/s1. The summed E-state index contributed by atoms with van der Waals surface area (Å²) in [4.78, 5) is 27.5. The molecular weight excluding hydrogens is 450 g/mol. The summed E-state index contributed by atoms with van der Waals surface area (Å²) >= 11 is 0. The summed E-state index contributed by atoms with van der Waals surface area (Å²) in [6.07, 6.45) is 2.29. The van der Waals surface area contributed by atoms with Gasteiger partial charge in [0.25, 0.3) is 0 Å². The third kappa shape index (κ3) is 8.17. The van der Waals surface area contributed by atoms with Crippen molar-refractivity contribution in [3.05, 3.63) is 65.7 Å². The Hall–Kier alpha value is -2.87. The first kappa shape index (κ1) is 27.4. The van der Waals surface area contributed by atoms with Crippen molar-refractivity contribution < 1.29 is 18.0 Å². The first-order chi connectivity index (χ1) is 16.0. The van der Waals surface area contributed by atoms with E-state index in [-0.39, 0.29) is 30.8 Å². The van der Waals surface area contributed by atoms with Crippen molar-refractivity contribution in [2.24, 2.45) is 0 Å². The second-order valence-electron chi connectivity index (χ2n) is 8.89. The number of benzene rings is 2. The van der Waals surface area contributed by atoms with Crippen molar-refractivity contribution in [2.45, 2.75) is 59.0 Å². The molecule has 0 aliphatic carbocycles. The molecule has 2 rings (SSSR count). The van der Waals surface area contributed by atoms with Crippen molar-refractivity contribution in [1.82, 2.24) is 10.2 Å². The molecule has 0 unspecified atom stereocenters. The van der Waals surface area contributed by atoms with E-state index in [4.69, 9.17) is 0 Å². The van der Waals surface area contributed by atoms with Crippen molar-refractivity contribution >= 4 is 27.5 Å². The van der Waals surface area contributed by atoms with Gasteiger partial charge in [0, 0.05) is 25.6 Å². The van der Waals surface area contributed by atoms with Gasteiger partial charge >= 0.3 is 0 Å². The number of sulfonamides is 1. The van der Waals surface area contributed by atoms with E-state index in [1.807, 2.05) is 63.2 Å². The second-order valence-corrected chi connectivity index (χ2v) is 10.8. The number of carbonyl (C=O) groups excluding carboxylic acids is 2. The summed E-state index contributed by atoms with van der Waals surface area (Å²) in [5, 5.41) is 2.88. The van der Waals surface area contributed by atoms with E-state index in [0.29, 0.717) is 25.1 Å². The molecule has 0 saturated carbocycles. The number of carbonyl (C=O) groups is 2. The number of rotatable bonds is 12. The molecular formula is C26H37N3O4S. The van der Waals surface area contributed by atoms with E-state index in [0.717, 1.165) is 11.1 Å². The summed E-state index contributed by atoms with van der Waals surface area (Å²) in [7, 11) is -3.50. The van der Waals surface area contributed by atoms with Crippen LogP contribution in [-0.4, -0.2) is 56.6 Å². The zero-order valence-corrected chi connectivity index (χ0v) is 21.6. The number of nitrogens with one attached hydrogen (secondary N) is 1. The first-order valence-corrected chi connectivity index (χ1v) is 13.5. The van der Waals surface area contributed by atoms with Crippen LogP contribution in [0.5, 0.6) is 0 Å². The van der Waals surface area contributed by atoms with Gasteiger partial charge in [-0.1, -0.05) is 48.5 Å². The molecule has 0 fully saturated rings. The molecule has 0 bridgehead atoms. The fraction of sp³-hybridized carbons (Fsp3) is 0.462. The van der Waals surface area contributed by atoms with Crippen molar-refractivity contribution in [3.63, 3.8) is 0 Å². The van der Waals surface area contributed by atoms with Crippen molar-refractivity contribution in [1.29, 1.82) is 0 Å². The van der Waals surface area contributed by atoms with Gasteiger partial charge in [0.05, 0.1) is 11.9 Å². The highest BCUT2D eigenvalue weighted by atomic mass is 32.2. The summed E-state index contributed by atoms with van der Waals surface area (Å²) in [5.74, 6) is -0.366. The van der Waals surface area contributed by atoms with E-state index < -0.39 is 16.1 Å². The predicted octanol–water partition coefficient (Wildman–Crippen LogP) is 3.53. The monoisotopic (exact) mass is 487 g/mol. The molecule has 0 heterocycles. The van der Waals surface area contributed by atoms with Gasteiger partial charge in [-0.25, -0.2) is 8.42 Å². The van der Waals surface area contributed by atoms with Crippen LogP contribution < -0.4 is 9.62 Å². The zero-order chi connectivity index (χ0) is 25.3. The lowest BCUT2D eigenvalue weighted by molar-refractivity contribution is -0.140. The maximum Gasteiger partial charge on any atom is 0.242 e. The van der Waals surface area contributed by atoms with E-state index in [9.17, 15) is 18.0 Å². The summed E-state index contributed by atoms with van der Waals surface area (Å²) in [6, 6.07) is 16.4. The molecule has 0 aromatic heterocycles. The minimum atomic E-state index is -3.50. The van der Waals surface area contributed by atoms with Gasteiger partial charge in [0.15, 0.2) is 0 Å². The molecule has 0 spiro atoms. The van der Waals surface area contributed by atoms with E-state index in [1.165, 1.54) is 10.6 Å². The lowest BCUT2D eigenvalue weighted by atomic mass is 10.1. The Morgan fingerprint density at radius 1 is 0.941 bits per heavy atom. The Bertz CT molecular complexity index is 1050. The van der Waals surface area contributed by atoms with Gasteiger partial charge in [0.1, 0.15) is 6.04 Å². The largest absolute Gasteiger partial charge is 0.352 e. The Labute approximate surface area is 204 Å². The van der Waals surface area contributed by atoms with E-state index >= 15 is 0 Å². The van der Waals surface area contributed by atoms with Crippen LogP contribution in [0.15, 0.2) is 54.6 Å². The Balaban J connectivity index is 2.11. The van der Waals surface area contributed by atoms with E-state index in [2.05, 4.69) is 5.32 Å². The van der Waals surface area contributed by atoms with E-state index in [1.54, 1.807) is 24.0 Å². The number of hydrogen-bond donors (Lipinski definition) is 1. The molecule has 7 nitrogen and oxygen atoms in total. The number of aryl methyl sites for hydroxylation is 1. The molecule has 8 heteroatoms. The highest BCUT2D eigenvalue weighted by molar-refractivity contribution is 7.92. The van der Waals surface area contributed by atoms with Crippen LogP contribution in [0.3, 0.4) is 0 Å². The third-order valence-corrected chi connectivity index (χ3v) is 6.80. The maximum atomic E-state index is 13.2. The van der Waals surface area contributed by atoms with Crippen LogP contribution in [-0.2, 0) is 26.0 Å². The molecule has 34 heavy (non-hydrogen) atoms. The van der Waals surface area contributed by atoms with Crippen molar-refractivity contribution in [2.75, 3.05) is 23.7 Å². The molecule has 2 amide bonds. The maximum absolute atomic E-state index is 13.2. The van der Waals surface area contributed by atoms with Crippen LogP contribution in [0.1, 0.15) is 44.7 Å². The van der Waals surface area contributed by atoms with Gasteiger partial charge in [-0.05, 0) is 57.7 Å². The number of nitrogens with zero attached hydrogens (tertiary/aromatic N) is 2. The van der Waals surface area contributed by atoms with Crippen LogP contribution in [0, 0.1) is 6.92 Å². The smallest absolute Gasteiger partial charge is 0.242 e. The van der Waals surface area contributed by atoms with Crippen molar-refractivity contribution in [3.8, 4) is 0 Å². The Morgan fingerprint density at radius 3 is 2.15 bits per heavy atom. The molecule has 0 saturated heterocycles. The first-order valence-electron chi connectivity index (χ1n) is 11.7. The highest BCUT2D eigenvalue weighted by Gasteiger charge is 2.26. The van der Waals surface area contributed by atoms with Gasteiger partial charge in [-0.2, -0.15) is 0 Å². The van der Waals surface area contributed by atoms with Crippen LogP contribution in [0.4, 0.5) is 5.69 Å². The average molecular weight is 488 g/mol.